The average molecular weight is 359 g/mol. The van der Waals surface area contributed by atoms with Crippen LogP contribution in [0, 0.1) is 11.6 Å². The van der Waals surface area contributed by atoms with E-state index in [1.807, 2.05) is 0 Å². The summed E-state index contributed by atoms with van der Waals surface area (Å²) in [5.41, 5.74) is -0.0721. The molecule has 5 nitrogen and oxygen atoms in total. The molecule has 2 N–H and O–H groups in total. The van der Waals surface area contributed by atoms with E-state index < -0.39 is 11.6 Å². The fraction of sp³-hybridized carbons (Fsp3) is 0.214. The van der Waals surface area contributed by atoms with Crippen molar-refractivity contribution < 1.29 is 13.5 Å². The zero-order valence-electron chi connectivity index (χ0n) is 12.1. The molecule has 0 unspecified atom stereocenters. The second-order valence-electron chi connectivity index (χ2n) is 4.37. The molecule has 0 bridgehead atoms. The van der Waals surface area contributed by atoms with Gasteiger partial charge in [-0.05, 0) is 30.8 Å². The Morgan fingerprint density at radius 1 is 1.30 bits per heavy atom. The van der Waals surface area contributed by atoms with E-state index in [2.05, 4.69) is 20.6 Å². The van der Waals surface area contributed by atoms with E-state index in [1.54, 1.807) is 0 Å². The standard InChI is InChI=1S/C14H13ClF2N4OS/c1-22-10-3-2-9(16)8(11(10)17)4-5-20-14(23)21-13-12(15)18-6-7-19-13/h2-3,6-7H,4-5H2,1H3,(H2,19,20,21,23). The molecule has 0 aliphatic rings. The minimum absolute atomic E-state index is 0.00607. The van der Waals surface area contributed by atoms with E-state index in [0.29, 0.717) is 5.82 Å². The fourth-order valence-electron chi connectivity index (χ4n) is 1.82. The number of nitrogens with one attached hydrogen (secondary N) is 2. The molecule has 122 valence electrons. The first-order valence-electron chi connectivity index (χ1n) is 6.55. The number of hydrogen-bond donors (Lipinski definition) is 2. The van der Waals surface area contributed by atoms with Crippen molar-refractivity contribution in [1.82, 2.24) is 15.3 Å². The molecular formula is C14H13ClF2N4OS. The summed E-state index contributed by atoms with van der Waals surface area (Å²) in [5.74, 6) is -1.06. The molecule has 0 saturated carbocycles. The third-order valence-corrected chi connectivity index (χ3v) is 3.44. The second-order valence-corrected chi connectivity index (χ2v) is 5.14. The molecule has 0 aliphatic heterocycles. The Morgan fingerprint density at radius 3 is 2.74 bits per heavy atom. The van der Waals surface area contributed by atoms with Crippen molar-refractivity contribution in [2.75, 3.05) is 19.0 Å². The lowest BCUT2D eigenvalue weighted by Gasteiger charge is -2.12. The summed E-state index contributed by atoms with van der Waals surface area (Å²) in [6.45, 7) is 0.213. The average Bonchev–Trinajstić information content (AvgIpc) is 2.53. The van der Waals surface area contributed by atoms with Crippen LogP contribution in [0.15, 0.2) is 24.5 Å². The predicted octanol–water partition coefficient (Wildman–Crippen LogP) is 2.95. The highest BCUT2D eigenvalue weighted by Crippen LogP contribution is 2.23. The van der Waals surface area contributed by atoms with Crippen LogP contribution in [0.3, 0.4) is 0 Å². The monoisotopic (exact) mass is 358 g/mol. The largest absolute Gasteiger partial charge is 0.494 e. The summed E-state index contributed by atoms with van der Waals surface area (Å²) >= 11 is 10.9. The van der Waals surface area contributed by atoms with Crippen LogP contribution in [0.1, 0.15) is 5.56 Å². The van der Waals surface area contributed by atoms with E-state index in [1.165, 1.54) is 25.6 Å². The smallest absolute Gasteiger partial charge is 0.172 e. The third-order valence-electron chi connectivity index (χ3n) is 2.92. The molecule has 0 saturated heterocycles. The van der Waals surface area contributed by atoms with Gasteiger partial charge in [0, 0.05) is 24.5 Å². The lowest BCUT2D eigenvalue weighted by Crippen LogP contribution is -2.31. The van der Waals surface area contributed by atoms with Gasteiger partial charge in [-0.2, -0.15) is 0 Å². The number of anilines is 1. The van der Waals surface area contributed by atoms with Crippen LogP contribution in [-0.4, -0.2) is 28.7 Å². The predicted molar refractivity (Wildman–Crippen MR) is 87.9 cm³/mol. The maximum atomic E-state index is 14.0. The van der Waals surface area contributed by atoms with Gasteiger partial charge in [0.25, 0.3) is 0 Å². The molecule has 0 amide bonds. The molecule has 9 heteroatoms. The highest BCUT2D eigenvalue weighted by Gasteiger charge is 2.14. The van der Waals surface area contributed by atoms with Crippen molar-refractivity contribution in [3.8, 4) is 5.75 Å². The van der Waals surface area contributed by atoms with E-state index in [4.69, 9.17) is 28.6 Å². The van der Waals surface area contributed by atoms with Gasteiger partial charge in [0.05, 0.1) is 7.11 Å². The first-order chi connectivity index (χ1) is 11.0. The maximum Gasteiger partial charge on any atom is 0.172 e. The lowest BCUT2D eigenvalue weighted by atomic mass is 10.1. The van der Waals surface area contributed by atoms with E-state index >= 15 is 0 Å². The number of rotatable bonds is 5. The molecule has 2 aromatic rings. The highest BCUT2D eigenvalue weighted by atomic mass is 35.5. The highest BCUT2D eigenvalue weighted by molar-refractivity contribution is 7.80. The number of ether oxygens (including phenoxy) is 1. The van der Waals surface area contributed by atoms with Gasteiger partial charge in [0.15, 0.2) is 27.7 Å². The van der Waals surface area contributed by atoms with Crippen molar-refractivity contribution in [3.05, 3.63) is 46.9 Å². The minimum atomic E-state index is -0.717. The zero-order valence-corrected chi connectivity index (χ0v) is 13.6. The van der Waals surface area contributed by atoms with Crippen molar-refractivity contribution in [1.29, 1.82) is 0 Å². The molecule has 0 fully saturated rings. The minimum Gasteiger partial charge on any atom is -0.494 e. The lowest BCUT2D eigenvalue weighted by molar-refractivity contribution is 0.380. The molecule has 0 radical (unpaired) electrons. The van der Waals surface area contributed by atoms with Gasteiger partial charge in [-0.15, -0.1) is 0 Å². The van der Waals surface area contributed by atoms with Crippen LogP contribution in [0.25, 0.3) is 0 Å². The van der Waals surface area contributed by atoms with Crippen LogP contribution in [0.2, 0.25) is 5.15 Å². The zero-order chi connectivity index (χ0) is 16.8. The van der Waals surface area contributed by atoms with Gasteiger partial charge in [-0.25, -0.2) is 18.7 Å². The number of thiocarbonyl (C=S) groups is 1. The Labute approximate surface area is 142 Å². The molecular weight excluding hydrogens is 346 g/mol. The first kappa shape index (κ1) is 17.3. The number of aromatic nitrogens is 2. The SMILES string of the molecule is COc1ccc(F)c(CCNC(=S)Nc2nccnc2Cl)c1F. The van der Waals surface area contributed by atoms with Crippen LogP contribution in [0.5, 0.6) is 5.75 Å². The molecule has 1 aromatic carbocycles. The Bertz CT molecular complexity index is 717. The Morgan fingerprint density at radius 2 is 2.04 bits per heavy atom. The van der Waals surface area contributed by atoms with E-state index in [9.17, 15) is 8.78 Å². The van der Waals surface area contributed by atoms with Crippen LogP contribution < -0.4 is 15.4 Å². The number of nitrogens with zero attached hydrogens (tertiary/aromatic N) is 2. The summed E-state index contributed by atoms with van der Waals surface area (Å²) in [6.07, 6.45) is 2.99. The van der Waals surface area contributed by atoms with E-state index in [-0.39, 0.29) is 34.5 Å². The summed E-state index contributed by atoms with van der Waals surface area (Å²) in [7, 11) is 1.32. The van der Waals surface area contributed by atoms with Gasteiger partial charge in [-0.3, -0.25) is 0 Å². The first-order valence-corrected chi connectivity index (χ1v) is 7.33. The Balaban J connectivity index is 1.93. The normalized spacial score (nSPS) is 10.3. The fourth-order valence-corrected chi connectivity index (χ4v) is 2.17. The number of benzene rings is 1. The summed E-state index contributed by atoms with van der Waals surface area (Å²) in [6, 6.07) is 2.40. The molecule has 23 heavy (non-hydrogen) atoms. The molecule has 2 rings (SSSR count). The maximum absolute atomic E-state index is 14.0. The van der Waals surface area contributed by atoms with Gasteiger partial charge in [0.2, 0.25) is 0 Å². The second kappa shape index (κ2) is 7.98. The third kappa shape index (κ3) is 4.46. The van der Waals surface area contributed by atoms with Crippen LogP contribution >= 0.6 is 23.8 Å². The van der Waals surface area contributed by atoms with Gasteiger partial charge >= 0.3 is 0 Å². The van der Waals surface area contributed by atoms with Crippen molar-refractivity contribution >= 4 is 34.7 Å². The van der Waals surface area contributed by atoms with Crippen LogP contribution in [-0.2, 0) is 6.42 Å². The van der Waals surface area contributed by atoms with Gasteiger partial charge in [0.1, 0.15) is 5.82 Å². The van der Waals surface area contributed by atoms with Crippen molar-refractivity contribution in [2.24, 2.45) is 0 Å². The summed E-state index contributed by atoms with van der Waals surface area (Å²) < 4.78 is 32.5. The summed E-state index contributed by atoms with van der Waals surface area (Å²) in [5, 5.41) is 5.96. The molecule has 1 aromatic heterocycles. The van der Waals surface area contributed by atoms with E-state index in [0.717, 1.165) is 6.07 Å². The van der Waals surface area contributed by atoms with Gasteiger partial charge in [-0.1, -0.05) is 11.6 Å². The molecule has 1 heterocycles. The Hall–Kier alpha value is -2.06. The molecule has 0 spiro atoms. The molecule has 0 atom stereocenters. The number of methoxy groups -OCH3 is 1. The van der Waals surface area contributed by atoms with Crippen molar-refractivity contribution in [2.45, 2.75) is 6.42 Å². The summed E-state index contributed by atoms with van der Waals surface area (Å²) in [4.78, 5) is 7.81. The number of halogens is 3. The van der Waals surface area contributed by atoms with Crippen molar-refractivity contribution in [3.63, 3.8) is 0 Å². The number of hydrogen-bond acceptors (Lipinski definition) is 4. The molecule has 0 aliphatic carbocycles. The topological polar surface area (TPSA) is 59.1 Å². The van der Waals surface area contributed by atoms with Crippen LogP contribution in [0.4, 0.5) is 14.6 Å². The Kier molecular flexibility index (Phi) is 6.00. The van der Waals surface area contributed by atoms with Gasteiger partial charge < -0.3 is 15.4 Å². The quantitative estimate of drug-likeness (QED) is 0.801.